The van der Waals surface area contributed by atoms with Gasteiger partial charge in [-0.2, -0.15) is 5.10 Å². The van der Waals surface area contributed by atoms with Gasteiger partial charge in [0.2, 0.25) is 5.91 Å². The molecule has 0 saturated heterocycles. The SMILES string of the molecule is CC(C)(C)C1CCCCC1NCC(=O)Nc1ccnn1C1CCCC1. The smallest absolute Gasteiger partial charge is 0.239 e. The molecule has 2 fully saturated rings. The summed E-state index contributed by atoms with van der Waals surface area (Å²) >= 11 is 0. The first-order valence-electron chi connectivity index (χ1n) is 10.0. The van der Waals surface area contributed by atoms with E-state index in [1.165, 1.54) is 38.5 Å². The molecular weight excluding hydrogens is 312 g/mol. The van der Waals surface area contributed by atoms with Gasteiger partial charge in [-0.25, -0.2) is 4.68 Å². The second kappa shape index (κ2) is 7.90. The number of anilines is 1. The van der Waals surface area contributed by atoms with Crippen LogP contribution in [0.25, 0.3) is 0 Å². The lowest BCUT2D eigenvalue weighted by atomic mass is 9.69. The first kappa shape index (κ1) is 18.4. The van der Waals surface area contributed by atoms with E-state index in [2.05, 4.69) is 36.5 Å². The minimum atomic E-state index is 0.0398. The summed E-state index contributed by atoms with van der Waals surface area (Å²) < 4.78 is 2.00. The van der Waals surface area contributed by atoms with E-state index in [1.807, 2.05) is 10.7 Å². The molecule has 5 nitrogen and oxygen atoms in total. The number of aromatic nitrogens is 2. The number of rotatable bonds is 5. The van der Waals surface area contributed by atoms with E-state index in [9.17, 15) is 4.79 Å². The van der Waals surface area contributed by atoms with Crippen molar-refractivity contribution < 1.29 is 4.79 Å². The molecular formula is C20H34N4O. The summed E-state index contributed by atoms with van der Waals surface area (Å²) in [4.78, 5) is 12.5. The first-order chi connectivity index (χ1) is 11.9. The molecule has 2 N–H and O–H groups in total. The van der Waals surface area contributed by atoms with Gasteiger partial charge in [-0.15, -0.1) is 0 Å². The summed E-state index contributed by atoms with van der Waals surface area (Å²) in [5, 5.41) is 11.0. The molecule has 0 radical (unpaired) electrons. The molecule has 1 amide bonds. The van der Waals surface area contributed by atoms with Gasteiger partial charge in [0.15, 0.2) is 0 Å². The number of hydrogen-bond donors (Lipinski definition) is 2. The largest absolute Gasteiger partial charge is 0.310 e. The summed E-state index contributed by atoms with van der Waals surface area (Å²) in [5.74, 6) is 1.52. The monoisotopic (exact) mass is 346 g/mol. The van der Waals surface area contributed by atoms with Gasteiger partial charge in [-0.05, 0) is 37.0 Å². The zero-order valence-corrected chi connectivity index (χ0v) is 16.1. The number of carbonyl (C=O) groups excluding carboxylic acids is 1. The lowest BCUT2D eigenvalue weighted by molar-refractivity contribution is -0.115. The molecule has 0 aromatic carbocycles. The van der Waals surface area contributed by atoms with Crippen molar-refractivity contribution in [3.8, 4) is 0 Å². The summed E-state index contributed by atoms with van der Waals surface area (Å²) in [6.07, 6.45) is 11.7. The zero-order valence-electron chi connectivity index (χ0n) is 16.1. The molecule has 140 valence electrons. The number of amides is 1. The molecule has 3 rings (SSSR count). The first-order valence-corrected chi connectivity index (χ1v) is 10.0. The van der Waals surface area contributed by atoms with E-state index in [0.717, 1.165) is 18.7 Å². The minimum Gasteiger partial charge on any atom is -0.310 e. The Morgan fingerprint density at radius 1 is 1.16 bits per heavy atom. The molecule has 2 aliphatic rings. The van der Waals surface area contributed by atoms with Gasteiger partial charge >= 0.3 is 0 Å². The fraction of sp³-hybridized carbons (Fsp3) is 0.800. The molecule has 2 saturated carbocycles. The van der Waals surface area contributed by atoms with Crippen LogP contribution in [-0.4, -0.2) is 28.3 Å². The normalized spacial score (nSPS) is 25.2. The maximum Gasteiger partial charge on any atom is 0.239 e. The molecule has 5 heteroatoms. The fourth-order valence-corrected chi connectivity index (χ4v) is 4.68. The predicted molar refractivity (Wildman–Crippen MR) is 102 cm³/mol. The molecule has 1 heterocycles. The molecule has 0 aliphatic heterocycles. The third-order valence-corrected chi connectivity index (χ3v) is 6.01. The van der Waals surface area contributed by atoms with Gasteiger partial charge in [0.1, 0.15) is 5.82 Å². The zero-order chi connectivity index (χ0) is 17.9. The summed E-state index contributed by atoms with van der Waals surface area (Å²) in [6, 6.07) is 2.80. The molecule has 0 spiro atoms. The Bertz CT molecular complexity index is 568. The Balaban J connectivity index is 1.53. The highest BCUT2D eigenvalue weighted by Crippen LogP contribution is 2.38. The second-order valence-corrected chi connectivity index (χ2v) is 8.89. The molecule has 1 aromatic heterocycles. The number of nitrogens with zero attached hydrogens (tertiary/aromatic N) is 2. The van der Waals surface area contributed by atoms with E-state index in [1.54, 1.807) is 6.20 Å². The Kier molecular flexibility index (Phi) is 5.82. The van der Waals surface area contributed by atoms with Crippen LogP contribution in [-0.2, 0) is 4.79 Å². The highest BCUT2D eigenvalue weighted by Gasteiger charge is 2.34. The van der Waals surface area contributed by atoms with Crippen molar-refractivity contribution in [1.82, 2.24) is 15.1 Å². The fourth-order valence-electron chi connectivity index (χ4n) is 4.68. The van der Waals surface area contributed by atoms with Gasteiger partial charge in [-0.3, -0.25) is 4.79 Å². The quantitative estimate of drug-likeness (QED) is 0.843. The average molecular weight is 347 g/mol. The van der Waals surface area contributed by atoms with Crippen LogP contribution in [0.2, 0.25) is 0 Å². The summed E-state index contributed by atoms with van der Waals surface area (Å²) in [6.45, 7) is 7.33. The van der Waals surface area contributed by atoms with Crippen molar-refractivity contribution in [2.24, 2.45) is 11.3 Å². The molecule has 2 unspecified atom stereocenters. The molecule has 25 heavy (non-hydrogen) atoms. The average Bonchev–Trinajstić information content (AvgIpc) is 3.23. The third kappa shape index (κ3) is 4.63. The Morgan fingerprint density at radius 3 is 2.56 bits per heavy atom. The van der Waals surface area contributed by atoms with Crippen LogP contribution in [0.15, 0.2) is 12.3 Å². The maximum absolute atomic E-state index is 12.5. The molecule has 1 aromatic rings. The van der Waals surface area contributed by atoms with Crippen molar-refractivity contribution in [3.05, 3.63) is 12.3 Å². The van der Waals surface area contributed by atoms with E-state index in [4.69, 9.17) is 0 Å². The van der Waals surface area contributed by atoms with Crippen LogP contribution in [0.4, 0.5) is 5.82 Å². The van der Waals surface area contributed by atoms with E-state index in [-0.39, 0.29) is 11.3 Å². The number of nitrogens with one attached hydrogen (secondary N) is 2. The van der Waals surface area contributed by atoms with Crippen LogP contribution in [0, 0.1) is 11.3 Å². The van der Waals surface area contributed by atoms with Gasteiger partial charge in [0, 0.05) is 12.1 Å². The second-order valence-electron chi connectivity index (χ2n) is 8.89. The maximum atomic E-state index is 12.5. The number of carbonyl (C=O) groups is 1. The highest BCUT2D eigenvalue weighted by atomic mass is 16.2. The van der Waals surface area contributed by atoms with E-state index >= 15 is 0 Å². The van der Waals surface area contributed by atoms with Crippen molar-refractivity contribution in [2.75, 3.05) is 11.9 Å². The minimum absolute atomic E-state index is 0.0398. The van der Waals surface area contributed by atoms with E-state index in [0.29, 0.717) is 24.5 Å². The van der Waals surface area contributed by atoms with Crippen LogP contribution in [0.1, 0.15) is 78.2 Å². The third-order valence-electron chi connectivity index (χ3n) is 6.01. The number of hydrogen-bond acceptors (Lipinski definition) is 3. The topological polar surface area (TPSA) is 59.0 Å². The molecule has 2 aliphatic carbocycles. The highest BCUT2D eigenvalue weighted by molar-refractivity contribution is 5.91. The van der Waals surface area contributed by atoms with Crippen LogP contribution < -0.4 is 10.6 Å². The van der Waals surface area contributed by atoms with Crippen LogP contribution in [0.3, 0.4) is 0 Å². The van der Waals surface area contributed by atoms with Crippen molar-refractivity contribution in [1.29, 1.82) is 0 Å². The molecule has 2 atom stereocenters. The summed E-state index contributed by atoms with van der Waals surface area (Å²) in [7, 11) is 0. The standard InChI is InChI=1S/C20H34N4O/c1-20(2,3)16-10-6-7-11-17(16)21-14-19(25)23-18-12-13-22-24(18)15-8-4-5-9-15/h12-13,15-17,21H,4-11,14H2,1-3H3,(H,23,25). The van der Waals surface area contributed by atoms with Gasteiger partial charge in [-0.1, -0.05) is 46.5 Å². The van der Waals surface area contributed by atoms with Crippen molar-refractivity contribution in [3.63, 3.8) is 0 Å². The Hall–Kier alpha value is -1.36. The van der Waals surface area contributed by atoms with Crippen molar-refractivity contribution >= 4 is 11.7 Å². The van der Waals surface area contributed by atoms with Crippen molar-refractivity contribution in [2.45, 2.75) is 84.2 Å². The van der Waals surface area contributed by atoms with Gasteiger partial charge in [0.05, 0.1) is 18.8 Å². The lowest BCUT2D eigenvalue weighted by Gasteiger charge is -2.40. The van der Waals surface area contributed by atoms with Gasteiger partial charge < -0.3 is 10.6 Å². The van der Waals surface area contributed by atoms with E-state index < -0.39 is 0 Å². The molecule has 0 bridgehead atoms. The Labute approximate surface area is 151 Å². The van der Waals surface area contributed by atoms with Crippen LogP contribution >= 0.6 is 0 Å². The lowest BCUT2D eigenvalue weighted by Crippen LogP contribution is -2.46. The van der Waals surface area contributed by atoms with Crippen LogP contribution in [0.5, 0.6) is 0 Å². The summed E-state index contributed by atoms with van der Waals surface area (Å²) in [5.41, 5.74) is 0.287. The van der Waals surface area contributed by atoms with Gasteiger partial charge in [0.25, 0.3) is 0 Å². The predicted octanol–water partition coefficient (Wildman–Crippen LogP) is 4.13. The Morgan fingerprint density at radius 2 is 1.84 bits per heavy atom.